The van der Waals surface area contributed by atoms with E-state index in [1.54, 1.807) is 6.07 Å². The minimum Gasteiger partial charge on any atom is -0.409 e. The van der Waals surface area contributed by atoms with Gasteiger partial charge in [-0.3, -0.25) is 0 Å². The molecule has 1 aromatic heterocycles. The fourth-order valence-electron chi connectivity index (χ4n) is 1.64. The third-order valence-electron chi connectivity index (χ3n) is 2.51. The van der Waals surface area contributed by atoms with E-state index in [0.717, 1.165) is 18.8 Å². The van der Waals surface area contributed by atoms with Crippen LogP contribution in [0.2, 0.25) is 0 Å². The van der Waals surface area contributed by atoms with Crippen molar-refractivity contribution in [3.8, 4) is 0 Å². The quantitative estimate of drug-likeness (QED) is 0.318. The third-order valence-corrected chi connectivity index (χ3v) is 2.51. The Bertz CT molecular complexity index is 429. The summed E-state index contributed by atoms with van der Waals surface area (Å²) in [4.78, 5) is 10.6. The Morgan fingerprint density at radius 3 is 2.82 bits per heavy atom. The number of aryl methyl sites for hydroxylation is 1. The summed E-state index contributed by atoms with van der Waals surface area (Å²) in [6, 6.07) is 1.68. The SMILES string of the molecule is Cc1cc(/C(N)=N/O)nc(N2CCOCC2)n1. The molecule has 0 aromatic carbocycles. The number of aromatic nitrogens is 2. The predicted octanol–water partition coefficient (Wildman–Crippen LogP) is -0.284. The monoisotopic (exact) mass is 237 g/mol. The van der Waals surface area contributed by atoms with Gasteiger partial charge in [0.25, 0.3) is 0 Å². The maximum atomic E-state index is 8.65. The summed E-state index contributed by atoms with van der Waals surface area (Å²) in [6.45, 7) is 4.67. The minimum atomic E-state index is -0.00925. The number of anilines is 1. The van der Waals surface area contributed by atoms with Crippen LogP contribution in [0.5, 0.6) is 0 Å². The average Bonchev–Trinajstić information content (AvgIpc) is 2.38. The van der Waals surface area contributed by atoms with E-state index < -0.39 is 0 Å². The number of rotatable bonds is 2. The second-order valence-electron chi connectivity index (χ2n) is 3.78. The standard InChI is InChI=1S/C10H15N5O2/c1-7-6-8(9(11)14-16)13-10(12-7)15-2-4-17-5-3-15/h6,16H,2-5H2,1H3,(H2,11,14). The van der Waals surface area contributed by atoms with E-state index in [4.69, 9.17) is 15.7 Å². The minimum absolute atomic E-state index is 0.00925. The molecule has 3 N–H and O–H groups in total. The highest BCUT2D eigenvalue weighted by Crippen LogP contribution is 2.12. The summed E-state index contributed by atoms with van der Waals surface area (Å²) in [6.07, 6.45) is 0. The van der Waals surface area contributed by atoms with Crippen molar-refractivity contribution in [1.82, 2.24) is 9.97 Å². The molecule has 0 aliphatic carbocycles. The van der Waals surface area contributed by atoms with Gasteiger partial charge in [0.05, 0.1) is 13.2 Å². The molecule has 1 aromatic rings. The van der Waals surface area contributed by atoms with Gasteiger partial charge in [0.2, 0.25) is 5.95 Å². The van der Waals surface area contributed by atoms with Crippen molar-refractivity contribution in [2.45, 2.75) is 6.92 Å². The smallest absolute Gasteiger partial charge is 0.226 e. The molecule has 0 saturated carbocycles. The number of morpholine rings is 1. The highest BCUT2D eigenvalue weighted by atomic mass is 16.5. The second kappa shape index (κ2) is 4.96. The molecule has 17 heavy (non-hydrogen) atoms. The van der Waals surface area contributed by atoms with E-state index >= 15 is 0 Å². The van der Waals surface area contributed by atoms with Gasteiger partial charge in [-0.25, -0.2) is 9.97 Å². The zero-order valence-electron chi connectivity index (χ0n) is 9.63. The van der Waals surface area contributed by atoms with Crippen LogP contribution in [0.15, 0.2) is 11.2 Å². The van der Waals surface area contributed by atoms with Gasteiger partial charge in [-0.1, -0.05) is 5.16 Å². The van der Waals surface area contributed by atoms with E-state index in [-0.39, 0.29) is 5.84 Å². The first-order chi connectivity index (χ1) is 8.20. The number of nitrogens with zero attached hydrogens (tertiary/aromatic N) is 4. The van der Waals surface area contributed by atoms with Gasteiger partial charge in [0.1, 0.15) is 5.69 Å². The number of nitrogens with two attached hydrogens (primary N) is 1. The Balaban J connectivity index is 2.30. The Morgan fingerprint density at radius 2 is 2.18 bits per heavy atom. The van der Waals surface area contributed by atoms with Gasteiger partial charge >= 0.3 is 0 Å². The molecular weight excluding hydrogens is 222 g/mol. The van der Waals surface area contributed by atoms with Crippen LogP contribution < -0.4 is 10.6 Å². The molecule has 0 atom stereocenters. The largest absolute Gasteiger partial charge is 0.409 e. The van der Waals surface area contributed by atoms with Crippen molar-refractivity contribution in [2.24, 2.45) is 10.9 Å². The lowest BCUT2D eigenvalue weighted by molar-refractivity contribution is 0.122. The first kappa shape index (κ1) is 11.6. The molecule has 1 fully saturated rings. The predicted molar refractivity (Wildman–Crippen MR) is 62.3 cm³/mol. The Morgan fingerprint density at radius 1 is 1.47 bits per heavy atom. The maximum absolute atomic E-state index is 8.65. The fourth-order valence-corrected chi connectivity index (χ4v) is 1.64. The Kier molecular flexibility index (Phi) is 3.38. The molecule has 0 amide bonds. The van der Waals surface area contributed by atoms with Gasteiger partial charge in [0.15, 0.2) is 5.84 Å². The molecule has 0 spiro atoms. The molecule has 1 saturated heterocycles. The van der Waals surface area contributed by atoms with Gasteiger partial charge in [-0.2, -0.15) is 0 Å². The first-order valence-electron chi connectivity index (χ1n) is 5.37. The Labute approximate surface area is 98.9 Å². The van der Waals surface area contributed by atoms with E-state index in [9.17, 15) is 0 Å². The van der Waals surface area contributed by atoms with Crippen LogP contribution in [-0.2, 0) is 4.74 Å². The summed E-state index contributed by atoms with van der Waals surface area (Å²) in [5.41, 5.74) is 6.74. The summed E-state index contributed by atoms with van der Waals surface area (Å²) in [5.74, 6) is 0.583. The van der Waals surface area contributed by atoms with Crippen molar-refractivity contribution in [3.05, 3.63) is 17.5 Å². The third kappa shape index (κ3) is 2.62. The molecule has 0 radical (unpaired) electrons. The summed E-state index contributed by atoms with van der Waals surface area (Å²) in [5, 5.41) is 11.6. The molecule has 1 aliphatic heterocycles. The molecule has 0 bridgehead atoms. The van der Waals surface area contributed by atoms with Crippen molar-refractivity contribution in [3.63, 3.8) is 0 Å². The van der Waals surface area contributed by atoms with Crippen LogP contribution in [0.25, 0.3) is 0 Å². The van der Waals surface area contributed by atoms with Gasteiger partial charge in [-0.15, -0.1) is 0 Å². The van der Waals surface area contributed by atoms with Crippen LogP contribution in [-0.4, -0.2) is 47.3 Å². The molecular formula is C10H15N5O2. The van der Waals surface area contributed by atoms with Gasteiger partial charge in [-0.05, 0) is 13.0 Å². The van der Waals surface area contributed by atoms with Gasteiger partial charge < -0.3 is 20.6 Å². The number of oxime groups is 1. The van der Waals surface area contributed by atoms with Crippen molar-refractivity contribution >= 4 is 11.8 Å². The fraction of sp³-hybridized carbons (Fsp3) is 0.500. The number of hydrogen-bond donors (Lipinski definition) is 2. The van der Waals surface area contributed by atoms with Crippen LogP contribution in [0.4, 0.5) is 5.95 Å². The van der Waals surface area contributed by atoms with Crippen molar-refractivity contribution < 1.29 is 9.94 Å². The zero-order chi connectivity index (χ0) is 12.3. The lowest BCUT2D eigenvalue weighted by Crippen LogP contribution is -2.37. The molecule has 7 nitrogen and oxygen atoms in total. The van der Waals surface area contributed by atoms with Crippen LogP contribution >= 0.6 is 0 Å². The normalized spacial score (nSPS) is 17.2. The van der Waals surface area contributed by atoms with E-state index in [2.05, 4.69) is 15.1 Å². The topological polar surface area (TPSA) is 96.9 Å². The highest BCUT2D eigenvalue weighted by Gasteiger charge is 2.15. The zero-order valence-corrected chi connectivity index (χ0v) is 9.63. The molecule has 2 rings (SSSR count). The first-order valence-corrected chi connectivity index (χ1v) is 5.37. The van der Waals surface area contributed by atoms with Crippen LogP contribution in [0, 0.1) is 6.92 Å². The van der Waals surface area contributed by atoms with Crippen LogP contribution in [0.1, 0.15) is 11.4 Å². The van der Waals surface area contributed by atoms with Crippen molar-refractivity contribution in [1.29, 1.82) is 0 Å². The highest BCUT2D eigenvalue weighted by molar-refractivity contribution is 5.95. The second-order valence-corrected chi connectivity index (χ2v) is 3.78. The molecule has 0 unspecified atom stereocenters. The number of ether oxygens (including phenoxy) is 1. The van der Waals surface area contributed by atoms with E-state index in [0.29, 0.717) is 24.9 Å². The molecule has 2 heterocycles. The summed E-state index contributed by atoms with van der Waals surface area (Å²) >= 11 is 0. The van der Waals surface area contributed by atoms with Crippen molar-refractivity contribution in [2.75, 3.05) is 31.2 Å². The van der Waals surface area contributed by atoms with Crippen LogP contribution in [0.3, 0.4) is 0 Å². The lowest BCUT2D eigenvalue weighted by Gasteiger charge is -2.27. The summed E-state index contributed by atoms with van der Waals surface area (Å²) in [7, 11) is 0. The average molecular weight is 237 g/mol. The van der Waals surface area contributed by atoms with E-state index in [1.165, 1.54) is 0 Å². The molecule has 7 heteroatoms. The summed E-state index contributed by atoms with van der Waals surface area (Å²) < 4.78 is 5.26. The number of hydrogen-bond acceptors (Lipinski definition) is 6. The lowest BCUT2D eigenvalue weighted by atomic mass is 10.3. The molecule has 1 aliphatic rings. The Hall–Kier alpha value is -1.89. The van der Waals surface area contributed by atoms with E-state index in [1.807, 2.05) is 11.8 Å². The maximum Gasteiger partial charge on any atom is 0.226 e. The van der Waals surface area contributed by atoms with Gasteiger partial charge in [0, 0.05) is 18.8 Å². The number of amidine groups is 1. The molecule has 92 valence electrons.